The minimum Gasteiger partial charge on any atom is -0.292 e. The monoisotopic (exact) mass is 240 g/mol. The van der Waals surface area contributed by atoms with Crippen LogP contribution in [0.3, 0.4) is 0 Å². The van der Waals surface area contributed by atoms with Crippen molar-refractivity contribution < 1.29 is 0 Å². The van der Waals surface area contributed by atoms with Gasteiger partial charge in [0.1, 0.15) is 12.1 Å². The summed E-state index contributed by atoms with van der Waals surface area (Å²) < 4.78 is 0. The number of rotatable bonds is 8. The van der Waals surface area contributed by atoms with Crippen molar-refractivity contribution in [2.75, 3.05) is 0 Å². The van der Waals surface area contributed by atoms with Gasteiger partial charge >= 0.3 is 0 Å². The molecule has 4 atom stereocenters. The van der Waals surface area contributed by atoms with Crippen molar-refractivity contribution in [1.82, 2.24) is 0 Å². The fraction of sp³-hybridized carbons (Fsp3) is 0.818. The first kappa shape index (κ1) is 15.5. The Balaban J connectivity index is 3.98. The summed E-state index contributed by atoms with van der Waals surface area (Å²) in [5.41, 5.74) is 0. The van der Waals surface area contributed by atoms with E-state index in [0.717, 1.165) is 0 Å². The van der Waals surface area contributed by atoms with E-state index in [1.807, 2.05) is 13.8 Å². The molecule has 0 bridgehead atoms. The quantitative estimate of drug-likeness (QED) is 0.482. The summed E-state index contributed by atoms with van der Waals surface area (Å²) in [5.74, 6) is 0. The zero-order valence-electron chi connectivity index (χ0n) is 10.8. The van der Waals surface area contributed by atoms with Gasteiger partial charge in [-0.2, -0.15) is 9.81 Å². The molecule has 0 rings (SSSR count). The molecule has 0 aromatic rings. The Hall–Kier alpha value is -1.46. The number of aliphatic imine (C=N–C) groups is 2. The van der Waals surface area contributed by atoms with Gasteiger partial charge < -0.3 is 0 Å². The third-order valence-electron chi connectivity index (χ3n) is 2.62. The molecule has 4 unspecified atom stereocenters. The smallest absolute Gasteiger partial charge is 0.111 e. The van der Waals surface area contributed by atoms with Gasteiger partial charge in [0, 0.05) is 18.9 Å². The highest BCUT2D eigenvalue weighted by Gasteiger charge is 2.09. The van der Waals surface area contributed by atoms with E-state index >= 15 is 0 Å². The van der Waals surface area contributed by atoms with E-state index < -0.39 is 0 Å². The number of hydrogen-bond acceptors (Lipinski definition) is 6. The Bertz CT molecular complexity index is 263. The SMILES string of the molecule is CC(N=O)C(C)N=CCC=NC(C)C(C)N=O. The van der Waals surface area contributed by atoms with Gasteiger partial charge in [-0.05, 0) is 27.7 Å². The van der Waals surface area contributed by atoms with Crippen LogP contribution in [0.2, 0.25) is 0 Å². The minimum absolute atomic E-state index is 0.117. The van der Waals surface area contributed by atoms with Crippen LogP contribution in [0.4, 0.5) is 0 Å². The summed E-state index contributed by atoms with van der Waals surface area (Å²) in [6.07, 6.45) is 3.97. The normalized spacial score (nSPS) is 19.1. The molecule has 0 spiro atoms. The predicted molar refractivity (Wildman–Crippen MR) is 71.0 cm³/mol. The Morgan fingerprint density at radius 2 is 1.12 bits per heavy atom. The summed E-state index contributed by atoms with van der Waals surface area (Å²) in [4.78, 5) is 28.8. The van der Waals surface area contributed by atoms with E-state index in [1.165, 1.54) is 0 Å². The summed E-state index contributed by atoms with van der Waals surface area (Å²) in [6.45, 7) is 7.12. The Morgan fingerprint density at radius 3 is 1.41 bits per heavy atom. The molecule has 0 aromatic heterocycles. The van der Waals surface area contributed by atoms with Gasteiger partial charge in [0.25, 0.3) is 0 Å². The molecule has 0 aromatic carbocycles. The molecule has 0 fully saturated rings. The molecule has 96 valence electrons. The molecule has 0 aliphatic carbocycles. The van der Waals surface area contributed by atoms with Crippen LogP contribution in [-0.4, -0.2) is 36.6 Å². The lowest BCUT2D eigenvalue weighted by atomic mass is 10.2. The molecule has 0 amide bonds. The van der Waals surface area contributed by atoms with Gasteiger partial charge in [0.05, 0.1) is 12.1 Å². The average molecular weight is 240 g/mol. The highest BCUT2D eigenvalue weighted by molar-refractivity contribution is 5.79. The Kier molecular flexibility index (Phi) is 7.92. The zero-order chi connectivity index (χ0) is 13.3. The summed E-state index contributed by atoms with van der Waals surface area (Å²) in [6, 6.07) is -0.870. The summed E-state index contributed by atoms with van der Waals surface area (Å²) >= 11 is 0. The minimum atomic E-state index is -0.318. The molecule has 0 N–H and O–H groups in total. The van der Waals surface area contributed by atoms with Crippen LogP contribution < -0.4 is 0 Å². The fourth-order valence-electron chi connectivity index (χ4n) is 0.927. The van der Waals surface area contributed by atoms with E-state index in [0.29, 0.717) is 6.42 Å². The maximum absolute atomic E-state index is 10.2. The fourth-order valence-corrected chi connectivity index (χ4v) is 0.927. The lowest BCUT2D eigenvalue weighted by molar-refractivity contribution is 0.604. The molecule has 0 aliphatic heterocycles. The van der Waals surface area contributed by atoms with E-state index in [9.17, 15) is 9.81 Å². The first-order chi connectivity index (χ1) is 8.02. The van der Waals surface area contributed by atoms with Crippen molar-refractivity contribution in [2.45, 2.75) is 58.3 Å². The van der Waals surface area contributed by atoms with Crippen molar-refractivity contribution in [3.8, 4) is 0 Å². The number of hydrogen-bond donors (Lipinski definition) is 0. The highest BCUT2D eigenvalue weighted by atomic mass is 16.3. The Morgan fingerprint density at radius 1 is 0.765 bits per heavy atom. The molecule has 0 radical (unpaired) electrons. The second-order valence-electron chi connectivity index (χ2n) is 4.07. The second kappa shape index (κ2) is 8.66. The third kappa shape index (κ3) is 6.65. The Labute approximate surface area is 102 Å². The van der Waals surface area contributed by atoms with Crippen LogP contribution in [0.5, 0.6) is 0 Å². The average Bonchev–Trinajstić information content (AvgIpc) is 2.35. The van der Waals surface area contributed by atoms with Crippen molar-refractivity contribution >= 4 is 12.4 Å². The molecule has 0 saturated carbocycles. The van der Waals surface area contributed by atoms with Crippen LogP contribution in [0.15, 0.2) is 20.3 Å². The maximum Gasteiger partial charge on any atom is 0.111 e. The van der Waals surface area contributed by atoms with Crippen LogP contribution in [0.1, 0.15) is 34.1 Å². The maximum atomic E-state index is 10.2. The lowest BCUT2D eigenvalue weighted by Crippen LogP contribution is -2.15. The van der Waals surface area contributed by atoms with Crippen LogP contribution >= 0.6 is 0 Å². The zero-order valence-corrected chi connectivity index (χ0v) is 10.8. The lowest BCUT2D eigenvalue weighted by Gasteiger charge is -2.07. The van der Waals surface area contributed by atoms with Gasteiger partial charge in [-0.3, -0.25) is 9.98 Å². The van der Waals surface area contributed by atoms with Crippen molar-refractivity contribution in [3.05, 3.63) is 9.81 Å². The molecular formula is C11H20N4O2. The molecule has 17 heavy (non-hydrogen) atoms. The molecule has 0 saturated heterocycles. The van der Waals surface area contributed by atoms with E-state index in [4.69, 9.17) is 0 Å². The number of nitrogens with zero attached hydrogens (tertiary/aromatic N) is 4. The van der Waals surface area contributed by atoms with E-state index in [2.05, 4.69) is 20.3 Å². The largest absolute Gasteiger partial charge is 0.292 e. The predicted octanol–water partition coefficient (Wildman–Crippen LogP) is 2.60. The van der Waals surface area contributed by atoms with Gasteiger partial charge in [-0.1, -0.05) is 10.4 Å². The summed E-state index contributed by atoms with van der Waals surface area (Å²) in [7, 11) is 0. The van der Waals surface area contributed by atoms with Gasteiger partial charge in [0.2, 0.25) is 0 Å². The van der Waals surface area contributed by atoms with Crippen molar-refractivity contribution in [2.24, 2.45) is 20.3 Å². The molecule has 0 heterocycles. The number of nitroso groups, excluding NO2 is 2. The first-order valence-corrected chi connectivity index (χ1v) is 5.71. The third-order valence-corrected chi connectivity index (χ3v) is 2.62. The topological polar surface area (TPSA) is 83.6 Å². The van der Waals surface area contributed by atoms with E-state index in [-0.39, 0.29) is 24.2 Å². The van der Waals surface area contributed by atoms with Crippen molar-refractivity contribution in [3.63, 3.8) is 0 Å². The van der Waals surface area contributed by atoms with Gasteiger partial charge in [0.15, 0.2) is 0 Å². The van der Waals surface area contributed by atoms with Crippen LogP contribution in [0, 0.1) is 9.81 Å². The van der Waals surface area contributed by atoms with Crippen molar-refractivity contribution in [1.29, 1.82) is 0 Å². The van der Waals surface area contributed by atoms with Gasteiger partial charge in [-0.15, -0.1) is 0 Å². The molecule has 6 heteroatoms. The van der Waals surface area contributed by atoms with Crippen LogP contribution in [-0.2, 0) is 0 Å². The summed E-state index contributed by atoms with van der Waals surface area (Å²) in [5, 5.41) is 5.81. The van der Waals surface area contributed by atoms with Crippen LogP contribution in [0.25, 0.3) is 0 Å². The molecule has 0 aliphatic rings. The van der Waals surface area contributed by atoms with E-state index in [1.54, 1.807) is 26.3 Å². The second-order valence-corrected chi connectivity index (χ2v) is 4.07. The highest BCUT2D eigenvalue weighted by Crippen LogP contribution is 2.02. The molecular weight excluding hydrogens is 220 g/mol. The van der Waals surface area contributed by atoms with Gasteiger partial charge in [-0.25, -0.2) is 0 Å². The first-order valence-electron chi connectivity index (χ1n) is 5.71. The molecule has 6 nitrogen and oxygen atoms in total. The standard InChI is InChI=1S/C11H20N4O2/c1-8(10(3)14-16)12-6-5-7-13-9(2)11(4)15-17/h6-11H,5H2,1-4H3.